The summed E-state index contributed by atoms with van der Waals surface area (Å²) in [6.07, 6.45) is 0. The van der Waals surface area contributed by atoms with Crippen molar-refractivity contribution in [3.05, 3.63) is 0 Å². The number of anilines is 2. The van der Waals surface area contributed by atoms with Crippen LogP contribution in [0.2, 0.25) is 0 Å². The fourth-order valence-electron chi connectivity index (χ4n) is 1.66. The lowest BCUT2D eigenvalue weighted by Gasteiger charge is -2.32. The molecule has 0 atom stereocenters. The zero-order valence-electron chi connectivity index (χ0n) is 9.43. The minimum Gasteiger partial charge on any atom is -0.389 e. The highest BCUT2D eigenvalue weighted by atomic mass is 16.4. The van der Waals surface area contributed by atoms with E-state index in [0.29, 0.717) is 25.1 Å². The van der Waals surface area contributed by atoms with Crippen LogP contribution in [0.5, 0.6) is 0 Å². The average molecular weight is 225 g/mol. The topological polar surface area (TPSA) is 74.5 Å². The molecule has 7 nitrogen and oxygen atoms in total. The van der Waals surface area contributed by atoms with Crippen molar-refractivity contribution in [1.82, 2.24) is 15.1 Å². The van der Waals surface area contributed by atoms with Crippen LogP contribution in [-0.4, -0.2) is 54.2 Å². The molecule has 1 fully saturated rings. The molecule has 1 aliphatic heterocycles. The second kappa shape index (κ2) is 4.38. The molecule has 2 rings (SSSR count). The maximum atomic E-state index is 11.1. The SMILES string of the molecule is CNc1nnc(N2CCN(C(C)=O)CC2)o1. The number of aromatic nitrogens is 2. The van der Waals surface area contributed by atoms with Crippen molar-refractivity contribution in [1.29, 1.82) is 0 Å². The maximum absolute atomic E-state index is 11.1. The van der Waals surface area contributed by atoms with E-state index in [1.165, 1.54) is 0 Å². The van der Waals surface area contributed by atoms with Crippen LogP contribution in [0.25, 0.3) is 0 Å². The van der Waals surface area contributed by atoms with Gasteiger partial charge in [0.25, 0.3) is 0 Å². The molecule has 88 valence electrons. The van der Waals surface area contributed by atoms with E-state index in [9.17, 15) is 4.79 Å². The van der Waals surface area contributed by atoms with Crippen molar-refractivity contribution in [2.24, 2.45) is 0 Å². The van der Waals surface area contributed by atoms with Crippen molar-refractivity contribution >= 4 is 17.9 Å². The van der Waals surface area contributed by atoms with Gasteiger partial charge in [-0.1, -0.05) is 10.2 Å². The Bertz CT molecular complexity index is 370. The van der Waals surface area contributed by atoms with Crippen LogP contribution in [0.1, 0.15) is 6.92 Å². The Kier molecular flexibility index (Phi) is 2.93. The molecule has 1 saturated heterocycles. The quantitative estimate of drug-likeness (QED) is 0.750. The molecular formula is C9H15N5O2. The minimum atomic E-state index is 0.112. The van der Waals surface area contributed by atoms with E-state index >= 15 is 0 Å². The Labute approximate surface area is 93.4 Å². The fourth-order valence-corrected chi connectivity index (χ4v) is 1.66. The number of carbonyl (C=O) groups excluding carboxylic acids is 1. The Balaban J connectivity index is 1.96. The molecule has 1 aromatic rings. The van der Waals surface area contributed by atoms with Crippen LogP contribution in [0.3, 0.4) is 0 Å². The monoisotopic (exact) mass is 225 g/mol. The van der Waals surface area contributed by atoms with Gasteiger partial charge in [0, 0.05) is 40.2 Å². The van der Waals surface area contributed by atoms with Gasteiger partial charge in [-0.3, -0.25) is 4.79 Å². The summed E-state index contributed by atoms with van der Waals surface area (Å²) >= 11 is 0. The Morgan fingerprint density at radius 2 is 2.00 bits per heavy atom. The molecular weight excluding hydrogens is 210 g/mol. The van der Waals surface area contributed by atoms with Crippen molar-refractivity contribution < 1.29 is 9.21 Å². The summed E-state index contributed by atoms with van der Waals surface area (Å²) in [5.41, 5.74) is 0. The lowest BCUT2D eigenvalue weighted by Crippen LogP contribution is -2.48. The van der Waals surface area contributed by atoms with E-state index in [2.05, 4.69) is 15.5 Å². The van der Waals surface area contributed by atoms with Crippen LogP contribution in [0.15, 0.2) is 4.42 Å². The Morgan fingerprint density at radius 3 is 2.50 bits per heavy atom. The fraction of sp³-hybridized carbons (Fsp3) is 0.667. The van der Waals surface area contributed by atoms with Gasteiger partial charge in [0.15, 0.2) is 0 Å². The first-order valence-corrected chi connectivity index (χ1v) is 5.22. The van der Waals surface area contributed by atoms with Crippen molar-refractivity contribution in [3.63, 3.8) is 0 Å². The predicted octanol–water partition coefficient (Wildman–Crippen LogP) is -0.220. The molecule has 1 amide bonds. The smallest absolute Gasteiger partial charge is 0.319 e. The molecule has 0 bridgehead atoms. The second-order valence-electron chi connectivity index (χ2n) is 3.63. The van der Waals surface area contributed by atoms with E-state index in [4.69, 9.17) is 4.42 Å². The first-order chi connectivity index (χ1) is 7.70. The molecule has 0 aromatic carbocycles. The van der Waals surface area contributed by atoms with Gasteiger partial charge < -0.3 is 19.5 Å². The average Bonchev–Trinajstić information content (AvgIpc) is 2.77. The number of hydrogen-bond donors (Lipinski definition) is 1. The Morgan fingerprint density at radius 1 is 1.31 bits per heavy atom. The van der Waals surface area contributed by atoms with Crippen molar-refractivity contribution in [2.75, 3.05) is 43.4 Å². The van der Waals surface area contributed by atoms with Crippen LogP contribution < -0.4 is 10.2 Å². The molecule has 1 aromatic heterocycles. The number of nitrogens with zero attached hydrogens (tertiary/aromatic N) is 4. The molecule has 0 saturated carbocycles. The van der Waals surface area contributed by atoms with Crippen LogP contribution in [0, 0.1) is 0 Å². The molecule has 0 spiro atoms. The number of amides is 1. The van der Waals surface area contributed by atoms with Crippen molar-refractivity contribution in [3.8, 4) is 0 Å². The third-order valence-electron chi connectivity index (χ3n) is 2.62. The summed E-state index contributed by atoms with van der Waals surface area (Å²) in [7, 11) is 1.73. The van der Waals surface area contributed by atoms with E-state index in [0.717, 1.165) is 13.1 Å². The first-order valence-electron chi connectivity index (χ1n) is 5.22. The second-order valence-corrected chi connectivity index (χ2v) is 3.63. The molecule has 1 N–H and O–H groups in total. The molecule has 0 unspecified atom stereocenters. The lowest BCUT2D eigenvalue weighted by atomic mass is 10.3. The highest BCUT2D eigenvalue weighted by molar-refractivity contribution is 5.73. The number of carbonyl (C=O) groups is 1. The number of rotatable bonds is 2. The molecule has 7 heteroatoms. The minimum absolute atomic E-state index is 0.112. The zero-order chi connectivity index (χ0) is 11.5. The van der Waals surface area contributed by atoms with Gasteiger partial charge >= 0.3 is 12.0 Å². The molecule has 2 heterocycles. The standard InChI is InChI=1S/C9H15N5O2/c1-7(15)13-3-5-14(6-4-13)9-12-11-8(10-2)16-9/h3-6H2,1-2H3,(H,10,11). The summed E-state index contributed by atoms with van der Waals surface area (Å²) in [6, 6.07) is 0.913. The number of hydrogen-bond acceptors (Lipinski definition) is 6. The third kappa shape index (κ3) is 2.07. The zero-order valence-corrected chi connectivity index (χ0v) is 9.43. The van der Waals surface area contributed by atoms with Crippen LogP contribution in [-0.2, 0) is 4.79 Å². The summed E-state index contributed by atoms with van der Waals surface area (Å²) in [4.78, 5) is 14.9. The first kappa shape index (κ1) is 10.7. The van der Waals surface area contributed by atoms with Gasteiger partial charge in [-0.2, -0.15) is 0 Å². The van der Waals surface area contributed by atoms with Gasteiger partial charge in [0.1, 0.15) is 0 Å². The summed E-state index contributed by atoms with van der Waals surface area (Å²) in [6.45, 7) is 4.44. The van der Waals surface area contributed by atoms with E-state index in [-0.39, 0.29) is 5.91 Å². The number of piperazine rings is 1. The molecule has 1 aliphatic rings. The van der Waals surface area contributed by atoms with Crippen molar-refractivity contribution in [2.45, 2.75) is 6.92 Å². The van der Waals surface area contributed by atoms with Crippen LogP contribution >= 0.6 is 0 Å². The largest absolute Gasteiger partial charge is 0.389 e. The van der Waals surface area contributed by atoms with E-state index in [1.807, 2.05) is 9.80 Å². The highest BCUT2D eigenvalue weighted by Gasteiger charge is 2.22. The van der Waals surface area contributed by atoms with Gasteiger partial charge in [-0.15, -0.1) is 0 Å². The molecule has 0 aliphatic carbocycles. The predicted molar refractivity (Wildman–Crippen MR) is 58.3 cm³/mol. The van der Waals surface area contributed by atoms with Gasteiger partial charge in [-0.25, -0.2) is 0 Å². The number of nitrogens with one attached hydrogen (secondary N) is 1. The van der Waals surface area contributed by atoms with Gasteiger partial charge in [0.2, 0.25) is 5.91 Å². The lowest BCUT2D eigenvalue weighted by molar-refractivity contribution is -0.129. The normalized spacial score (nSPS) is 16.4. The Hall–Kier alpha value is -1.79. The highest BCUT2D eigenvalue weighted by Crippen LogP contribution is 2.16. The molecule has 16 heavy (non-hydrogen) atoms. The summed E-state index contributed by atoms with van der Waals surface area (Å²) < 4.78 is 5.36. The van der Waals surface area contributed by atoms with E-state index < -0.39 is 0 Å². The molecule has 0 radical (unpaired) electrons. The maximum Gasteiger partial charge on any atom is 0.319 e. The van der Waals surface area contributed by atoms with Gasteiger partial charge in [0.05, 0.1) is 0 Å². The van der Waals surface area contributed by atoms with Crippen LogP contribution in [0.4, 0.5) is 12.0 Å². The summed E-state index contributed by atoms with van der Waals surface area (Å²) in [5.74, 6) is 0.112. The summed E-state index contributed by atoms with van der Waals surface area (Å²) in [5, 5.41) is 10.5. The van der Waals surface area contributed by atoms with E-state index in [1.54, 1.807) is 14.0 Å². The van der Waals surface area contributed by atoms with Gasteiger partial charge in [-0.05, 0) is 0 Å². The third-order valence-corrected chi connectivity index (χ3v) is 2.62.